The molecule has 0 aromatic heterocycles. The Morgan fingerprint density at radius 3 is 1.75 bits per heavy atom. The minimum Gasteiger partial charge on any atom is -0.505 e. The molecule has 2 rings (SSSR count). The van der Waals surface area contributed by atoms with Crippen molar-refractivity contribution < 1.29 is 27.6 Å². The van der Waals surface area contributed by atoms with Crippen molar-refractivity contribution in [1.82, 2.24) is 0 Å². The molecule has 0 heterocycles. The highest BCUT2D eigenvalue weighted by Crippen LogP contribution is 2.22. The molecule has 2 aromatic rings. The van der Waals surface area contributed by atoms with Crippen LogP contribution >= 0.6 is 0 Å². The average molecular weight is 384 g/mol. The van der Waals surface area contributed by atoms with Crippen LogP contribution in [0.4, 0.5) is 8.63 Å². The maximum atomic E-state index is 12.8. The number of carbonyl (C=O) groups excluding carboxylic acids is 1. The Labute approximate surface area is 162 Å². The topological polar surface area (TPSA) is 44.8 Å². The minimum absolute atomic E-state index is 0.234. The third kappa shape index (κ3) is 6.43. The highest BCUT2D eigenvalue weighted by atomic mass is 19.2. The lowest BCUT2D eigenvalue weighted by atomic mass is 10.1. The fourth-order valence-electron chi connectivity index (χ4n) is 2.22. The normalized spacial score (nSPS) is 10.7. The summed E-state index contributed by atoms with van der Waals surface area (Å²) in [7, 11) is -3.06. The van der Waals surface area contributed by atoms with E-state index in [1.807, 2.05) is 0 Å². The lowest BCUT2D eigenvalue weighted by Crippen LogP contribution is -2.07. The molecule has 0 unspecified atom stereocenters. The minimum atomic E-state index is -3.06. The molecule has 0 bridgehead atoms. The number of rotatable bonds is 11. The van der Waals surface area contributed by atoms with Gasteiger partial charge in [0.25, 0.3) is 0 Å². The zero-order valence-electron chi connectivity index (χ0n) is 15.1. The third-order valence-electron chi connectivity index (χ3n) is 3.49. The first-order valence-electron chi connectivity index (χ1n) is 8.42. The smallest absolute Gasteiger partial charge is 0.505 e. The first kappa shape index (κ1) is 21.0. The lowest BCUT2D eigenvalue weighted by Gasteiger charge is -2.10. The van der Waals surface area contributed by atoms with Gasteiger partial charge in [-0.2, -0.15) is 0 Å². The van der Waals surface area contributed by atoms with Gasteiger partial charge in [0.05, 0.1) is 0 Å². The molecule has 0 spiro atoms. The molecule has 7 heteroatoms. The molecule has 0 N–H and O–H groups in total. The van der Waals surface area contributed by atoms with Crippen molar-refractivity contribution in [3.8, 4) is 11.5 Å². The van der Waals surface area contributed by atoms with E-state index in [0.717, 1.165) is 6.08 Å². The SMILES string of the molecule is C=CCOc1ccc(C(=O)/C=C(\OB(F)F)c2ccc(OCC=C)cc2)cc1. The van der Waals surface area contributed by atoms with Gasteiger partial charge >= 0.3 is 7.47 Å². The monoisotopic (exact) mass is 384 g/mol. The molecule has 0 aliphatic heterocycles. The van der Waals surface area contributed by atoms with Gasteiger partial charge in [0, 0.05) is 17.2 Å². The molecule has 0 saturated carbocycles. The first-order chi connectivity index (χ1) is 13.5. The second-order valence-electron chi connectivity index (χ2n) is 5.50. The summed E-state index contributed by atoms with van der Waals surface area (Å²) in [5.41, 5.74) is 0.637. The molecule has 0 fully saturated rings. The number of ketones is 1. The summed E-state index contributed by atoms with van der Waals surface area (Å²) in [6, 6.07) is 12.6. The molecule has 0 atom stereocenters. The molecule has 0 amide bonds. The van der Waals surface area contributed by atoms with Crippen molar-refractivity contribution in [2.45, 2.75) is 0 Å². The van der Waals surface area contributed by atoms with Crippen LogP contribution in [0.15, 0.2) is 79.9 Å². The molecule has 4 nitrogen and oxygen atoms in total. The summed E-state index contributed by atoms with van der Waals surface area (Å²) in [5, 5.41) is 0. The van der Waals surface area contributed by atoms with E-state index in [-0.39, 0.29) is 5.76 Å². The number of benzene rings is 2. The predicted octanol–water partition coefficient (Wildman–Crippen LogP) is 4.98. The number of allylic oxidation sites excluding steroid dienone is 1. The van der Waals surface area contributed by atoms with Crippen molar-refractivity contribution in [1.29, 1.82) is 0 Å². The Morgan fingerprint density at radius 2 is 1.32 bits per heavy atom. The van der Waals surface area contributed by atoms with E-state index in [9.17, 15) is 13.4 Å². The first-order valence-corrected chi connectivity index (χ1v) is 8.42. The van der Waals surface area contributed by atoms with Gasteiger partial charge in [0.1, 0.15) is 30.5 Å². The van der Waals surface area contributed by atoms with Gasteiger partial charge in [0.15, 0.2) is 5.78 Å². The van der Waals surface area contributed by atoms with E-state index in [1.165, 1.54) is 12.1 Å². The molecule has 0 aliphatic rings. The lowest BCUT2D eigenvalue weighted by molar-refractivity contribution is 0.104. The van der Waals surface area contributed by atoms with Crippen LogP contribution in [0.5, 0.6) is 11.5 Å². The van der Waals surface area contributed by atoms with Gasteiger partial charge in [0.2, 0.25) is 0 Å². The van der Waals surface area contributed by atoms with E-state index >= 15 is 0 Å². The molecular formula is C21H19BF2O4. The summed E-state index contributed by atoms with van der Waals surface area (Å²) in [5.74, 6) is 0.404. The van der Waals surface area contributed by atoms with Crippen LogP contribution in [-0.4, -0.2) is 26.5 Å². The van der Waals surface area contributed by atoms with E-state index in [4.69, 9.17) is 9.47 Å². The second-order valence-corrected chi connectivity index (χ2v) is 5.50. The Kier molecular flexibility index (Phi) is 8.02. The third-order valence-corrected chi connectivity index (χ3v) is 3.49. The van der Waals surface area contributed by atoms with Gasteiger partial charge in [-0.15, -0.1) is 0 Å². The van der Waals surface area contributed by atoms with E-state index in [1.54, 1.807) is 48.6 Å². The van der Waals surface area contributed by atoms with E-state index in [2.05, 4.69) is 17.8 Å². The fraction of sp³-hybridized carbons (Fsp3) is 0.0952. The van der Waals surface area contributed by atoms with Crippen LogP contribution in [0, 0.1) is 0 Å². The predicted molar refractivity (Wildman–Crippen MR) is 106 cm³/mol. The molecule has 2 aromatic carbocycles. The Hall–Kier alpha value is -3.35. The van der Waals surface area contributed by atoms with Crippen LogP contribution < -0.4 is 9.47 Å². The van der Waals surface area contributed by atoms with Crippen molar-refractivity contribution in [3.05, 3.63) is 91.0 Å². The zero-order chi connectivity index (χ0) is 20.4. The van der Waals surface area contributed by atoms with Gasteiger partial charge in [-0.25, -0.2) is 8.63 Å². The van der Waals surface area contributed by atoms with Gasteiger partial charge < -0.3 is 14.1 Å². The molecular weight excluding hydrogens is 365 g/mol. The zero-order valence-corrected chi connectivity index (χ0v) is 15.1. The van der Waals surface area contributed by atoms with Crippen LogP contribution in [0.1, 0.15) is 15.9 Å². The van der Waals surface area contributed by atoms with Crippen LogP contribution in [0.3, 0.4) is 0 Å². The average Bonchev–Trinajstić information content (AvgIpc) is 2.70. The van der Waals surface area contributed by atoms with E-state index < -0.39 is 13.3 Å². The largest absolute Gasteiger partial charge is 0.796 e. The van der Waals surface area contributed by atoms with Crippen molar-refractivity contribution in [2.24, 2.45) is 0 Å². The molecule has 144 valence electrons. The standard InChI is InChI=1S/C21H19BF2O4/c1-3-13-26-18-9-5-16(6-10-18)20(25)15-21(28-22(23)24)17-7-11-19(12-8-17)27-14-4-2/h3-12,15H,1-2,13-14H2/b21-15-. The van der Waals surface area contributed by atoms with Crippen molar-refractivity contribution >= 4 is 19.0 Å². The van der Waals surface area contributed by atoms with Gasteiger partial charge in [-0.3, -0.25) is 4.79 Å². The molecule has 28 heavy (non-hydrogen) atoms. The summed E-state index contributed by atoms with van der Waals surface area (Å²) in [6.07, 6.45) is 4.22. The van der Waals surface area contributed by atoms with Crippen molar-refractivity contribution in [2.75, 3.05) is 13.2 Å². The second kappa shape index (κ2) is 10.7. The molecule has 0 radical (unpaired) electrons. The van der Waals surface area contributed by atoms with Gasteiger partial charge in [-0.1, -0.05) is 25.3 Å². The fourth-order valence-corrected chi connectivity index (χ4v) is 2.22. The van der Waals surface area contributed by atoms with Crippen molar-refractivity contribution in [3.63, 3.8) is 0 Å². The van der Waals surface area contributed by atoms with E-state index in [0.29, 0.717) is 35.8 Å². The number of hydrogen-bond donors (Lipinski definition) is 0. The Morgan fingerprint density at radius 1 is 0.857 bits per heavy atom. The summed E-state index contributed by atoms with van der Waals surface area (Å²) >= 11 is 0. The highest BCUT2D eigenvalue weighted by molar-refractivity contribution is 6.36. The van der Waals surface area contributed by atoms with Crippen LogP contribution in [-0.2, 0) is 4.65 Å². The molecule has 0 aliphatic carbocycles. The summed E-state index contributed by atoms with van der Waals surface area (Å²) in [6.45, 7) is 7.76. The maximum Gasteiger partial charge on any atom is 0.796 e. The Bertz CT molecular complexity index is 830. The number of halogens is 2. The molecule has 0 saturated heterocycles. The number of hydrogen-bond acceptors (Lipinski definition) is 4. The highest BCUT2D eigenvalue weighted by Gasteiger charge is 2.21. The summed E-state index contributed by atoms with van der Waals surface area (Å²) in [4.78, 5) is 12.4. The van der Waals surface area contributed by atoms with Crippen LogP contribution in [0.2, 0.25) is 0 Å². The summed E-state index contributed by atoms with van der Waals surface area (Å²) < 4.78 is 40.8. The van der Waals surface area contributed by atoms with Crippen LogP contribution in [0.25, 0.3) is 5.76 Å². The quantitative estimate of drug-likeness (QED) is 0.180. The number of ether oxygens (including phenoxy) is 2. The maximum absolute atomic E-state index is 12.8. The number of carbonyl (C=O) groups is 1. The van der Waals surface area contributed by atoms with Gasteiger partial charge in [-0.05, 0) is 48.5 Å². The Balaban J connectivity index is 2.21.